The Morgan fingerprint density at radius 3 is 2.23 bits per heavy atom. The van der Waals surface area contributed by atoms with Crippen molar-refractivity contribution >= 4 is 17.7 Å². The van der Waals surface area contributed by atoms with Gasteiger partial charge in [-0.2, -0.15) is 0 Å². The zero-order valence-electron chi connectivity index (χ0n) is 17.0. The van der Waals surface area contributed by atoms with Crippen LogP contribution in [0.2, 0.25) is 0 Å². The SMILES string of the molecule is O=C(N[C@H]1CCN(CCc2ccccc2)C1)C1c2ccccc2Sc2ccccc21. The summed E-state index contributed by atoms with van der Waals surface area (Å²) in [7, 11) is 0. The van der Waals surface area contributed by atoms with Crippen molar-refractivity contribution < 1.29 is 4.79 Å². The van der Waals surface area contributed by atoms with E-state index < -0.39 is 0 Å². The predicted molar refractivity (Wildman–Crippen MR) is 122 cm³/mol. The van der Waals surface area contributed by atoms with Gasteiger partial charge in [0.1, 0.15) is 0 Å². The average molecular weight is 415 g/mol. The Hall–Kier alpha value is -2.56. The number of benzene rings is 3. The molecule has 152 valence electrons. The quantitative estimate of drug-likeness (QED) is 0.656. The van der Waals surface area contributed by atoms with Crippen LogP contribution in [-0.4, -0.2) is 36.5 Å². The number of amides is 1. The van der Waals surface area contributed by atoms with Crippen LogP contribution in [-0.2, 0) is 11.2 Å². The molecule has 0 aliphatic carbocycles. The fourth-order valence-corrected chi connectivity index (χ4v) is 5.70. The van der Waals surface area contributed by atoms with Gasteiger partial charge in [-0.25, -0.2) is 0 Å². The Bertz CT molecular complexity index is 990. The van der Waals surface area contributed by atoms with Gasteiger partial charge in [0.15, 0.2) is 0 Å². The summed E-state index contributed by atoms with van der Waals surface area (Å²) in [6, 6.07) is 27.5. The Labute approximate surface area is 182 Å². The molecule has 1 amide bonds. The minimum Gasteiger partial charge on any atom is -0.351 e. The van der Waals surface area contributed by atoms with Gasteiger partial charge in [-0.1, -0.05) is 78.5 Å². The standard InChI is InChI=1S/C26H26N2OS/c29-26(27-20-15-17-28(18-20)16-14-19-8-2-1-3-9-19)25-21-10-4-6-12-23(21)30-24-13-7-5-11-22(24)25/h1-13,20,25H,14-18H2,(H,27,29)/t20-/m0/s1. The first-order valence-electron chi connectivity index (χ1n) is 10.7. The highest BCUT2D eigenvalue weighted by atomic mass is 32.2. The highest BCUT2D eigenvalue weighted by Crippen LogP contribution is 2.45. The second-order valence-electron chi connectivity index (χ2n) is 8.14. The summed E-state index contributed by atoms with van der Waals surface area (Å²) in [6.45, 7) is 3.02. The summed E-state index contributed by atoms with van der Waals surface area (Å²) in [5.41, 5.74) is 3.62. The lowest BCUT2D eigenvalue weighted by Gasteiger charge is -2.28. The van der Waals surface area contributed by atoms with Gasteiger partial charge >= 0.3 is 0 Å². The van der Waals surface area contributed by atoms with Crippen LogP contribution in [0.5, 0.6) is 0 Å². The molecule has 0 radical (unpaired) electrons. The van der Waals surface area contributed by atoms with E-state index in [-0.39, 0.29) is 17.9 Å². The number of hydrogen-bond donors (Lipinski definition) is 1. The van der Waals surface area contributed by atoms with Gasteiger partial charge in [0, 0.05) is 35.5 Å². The number of carbonyl (C=O) groups excluding carboxylic acids is 1. The molecule has 1 saturated heterocycles. The fraction of sp³-hybridized carbons (Fsp3) is 0.269. The summed E-state index contributed by atoms with van der Waals surface area (Å²) >= 11 is 1.76. The predicted octanol–water partition coefficient (Wildman–Crippen LogP) is 4.72. The molecule has 30 heavy (non-hydrogen) atoms. The molecular weight excluding hydrogens is 388 g/mol. The number of carbonyl (C=O) groups is 1. The maximum atomic E-state index is 13.4. The summed E-state index contributed by atoms with van der Waals surface area (Å²) in [5.74, 6) is -0.0953. The molecule has 5 rings (SSSR count). The lowest BCUT2D eigenvalue weighted by molar-refractivity contribution is -0.122. The van der Waals surface area contributed by atoms with Gasteiger partial charge in [0.25, 0.3) is 0 Å². The summed E-state index contributed by atoms with van der Waals surface area (Å²) in [5, 5.41) is 3.37. The zero-order valence-corrected chi connectivity index (χ0v) is 17.8. The van der Waals surface area contributed by atoms with E-state index in [1.165, 1.54) is 15.4 Å². The Kier molecular flexibility index (Phi) is 5.60. The van der Waals surface area contributed by atoms with E-state index in [0.717, 1.165) is 43.6 Å². The van der Waals surface area contributed by atoms with Crippen LogP contribution in [0.1, 0.15) is 29.0 Å². The first kappa shape index (κ1) is 19.4. The van der Waals surface area contributed by atoms with Gasteiger partial charge in [-0.15, -0.1) is 0 Å². The minimum atomic E-state index is -0.225. The molecule has 0 saturated carbocycles. The lowest BCUT2D eigenvalue weighted by Crippen LogP contribution is -2.40. The number of fused-ring (bicyclic) bond motifs is 2. The van der Waals surface area contributed by atoms with Gasteiger partial charge in [-0.05, 0) is 41.7 Å². The maximum Gasteiger partial charge on any atom is 0.232 e. The summed E-state index contributed by atoms with van der Waals surface area (Å²) in [4.78, 5) is 18.3. The van der Waals surface area contributed by atoms with Crippen molar-refractivity contribution in [2.24, 2.45) is 0 Å². The molecule has 0 unspecified atom stereocenters. The number of likely N-dealkylation sites (tertiary alicyclic amines) is 1. The molecule has 1 atom stereocenters. The van der Waals surface area contributed by atoms with Crippen LogP contribution in [0.3, 0.4) is 0 Å². The molecule has 2 aliphatic heterocycles. The normalized spacial score (nSPS) is 18.6. The van der Waals surface area contributed by atoms with E-state index in [1.807, 2.05) is 12.1 Å². The number of hydrogen-bond acceptors (Lipinski definition) is 3. The average Bonchev–Trinajstić information content (AvgIpc) is 3.23. The van der Waals surface area contributed by atoms with E-state index in [1.54, 1.807) is 11.8 Å². The summed E-state index contributed by atoms with van der Waals surface area (Å²) < 4.78 is 0. The van der Waals surface area contributed by atoms with Crippen LogP contribution in [0, 0.1) is 0 Å². The Morgan fingerprint density at radius 2 is 1.53 bits per heavy atom. The molecule has 2 heterocycles. The third kappa shape index (κ3) is 4.03. The molecule has 0 aromatic heterocycles. The molecule has 0 spiro atoms. The van der Waals surface area contributed by atoms with Crippen molar-refractivity contribution in [1.82, 2.24) is 10.2 Å². The maximum absolute atomic E-state index is 13.4. The van der Waals surface area contributed by atoms with Gasteiger partial charge in [-0.3, -0.25) is 4.79 Å². The number of nitrogens with zero attached hydrogens (tertiary/aromatic N) is 1. The topological polar surface area (TPSA) is 32.3 Å². The van der Waals surface area contributed by atoms with E-state index in [4.69, 9.17) is 0 Å². The highest BCUT2D eigenvalue weighted by Gasteiger charge is 2.33. The van der Waals surface area contributed by atoms with E-state index >= 15 is 0 Å². The molecule has 4 heteroatoms. The zero-order chi connectivity index (χ0) is 20.3. The molecule has 3 aromatic carbocycles. The number of nitrogens with one attached hydrogen (secondary N) is 1. The van der Waals surface area contributed by atoms with Crippen molar-refractivity contribution in [2.75, 3.05) is 19.6 Å². The van der Waals surface area contributed by atoms with Crippen LogP contribution in [0.4, 0.5) is 0 Å². The number of rotatable bonds is 5. The second kappa shape index (κ2) is 8.66. The lowest BCUT2D eigenvalue weighted by atomic mass is 9.89. The highest BCUT2D eigenvalue weighted by molar-refractivity contribution is 7.99. The van der Waals surface area contributed by atoms with Crippen LogP contribution < -0.4 is 5.32 Å². The molecule has 2 aliphatic rings. The van der Waals surface area contributed by atoms with Crippen molar-refractivity contribution in [2.45, 2.75) is 34.6 Å². The van der Waals surface area contributed by atoms with Gasteiger partial charge < -0.3 is 10.2 Å². The minimum absolute atomic E-state index is 0.130. The molecular formula is C26H26N2OS. The monoisotopic (exact) mass is 414 g/mol. The van der Waals surface area contributed by atoms with Crippen LogP contribution in [0.15, 0.2) is 88.7 Å². The Balaban J connectivity index is 1.26. The van der Waals surface area contributed by atoms with Crippen molar-refractivity contribution in [3.63, 3.8) is 0 Å². The summed E-state index contributed by atoms with van der Waals surface area (Å²) in [6.07, 6.45) is 2.08. The third-order valence-corrected chi connectivity index (χ3v) is 7.30. The van der Waals surface area contributed by atoms with Crippen molar-refractivity contribution in [1.29, 1.82) is 0 Å². The van der Waals surface area contributed by atoms with Gasteiger partial charge in [0.2, 0.25) is 5.91 Å². The first-order valence-corrected chi connectivity index (χ1v) is 11.5. The molecule has 0 bridgehead atoms. The Morgan fingerprint density at radius 1 is 0.900 bits per heavy atom. The molecule has 3 aromatic rings. The van der Waals surface area contributed by atoms with Gasteiger partial charge in [0.05, 0.1) is 5.92 Å². The van der Waals surface area contributed by atoms with E-state index in [2.05, 4.69) is 76.9 Å². The smallest absolute Gasteiger partial charge is 0.232 e. The second-order valence-corrected chi connectivity index (χ2v) is 9.22. The first-order chi connectivity index (χ1) is 14.8. The fourth-order valence-electron chi connectivity index (χ4n) is 4.56. The third-order valence-electron chi connectivity index (χ3n) is 6.12. The van der Waals surface area contributed by atoms with E-state index in [9.17, 15) is 4.79 Å². The van der Waals surface area contributed by atoms with Crippen LogP contribution in [0.25, 0.3) is 0 Å². The van der Waals surface area contributed by atoms with Crippen molar-refractivity contribution in [3.05, 3.63) is 95.6 Å². The molecule has 1 N–H and O–H groups in total. The molecule has 1 fully saturated rings. The largest absolute Gasteiger partial charge is 0.351 e. The molecule has 3 nitrogen and oxygen atoms in total. The van der Waals surface area contributed by atoms with Crippen molar-refractivity contribution in [3.8, 4) is 0 Å². The van der Waals surface area contributed by atoms with Crippen LogP contribution >= 0.6 is 11.8 Å². The van der Waals surface area contributed by atoms with E-state index in [0.29, 0.717) is 0 Å².